The third-order valence-electron chi connectivity index (χ3n) is 4.40. The summed E-state index contributed by atoms with van der Waals surface area (Å²) < 4.78 is 12.0. The van der Waals surface area contributed by atoms with Gasteiger partial charge in [-0.15, -0.1) is 0 Å². The number of rotatable bonds is 13. The second-order valence-electron chi connectivity index (χ2n) is 6.55. The van der Waals surface area contributed by atoms with Crippen LogP contribution in [0.3, 0.4) is 0 Å². The van der Waals surface area contributed by atoms with Crippen molar-refractivity contribution >= 4 is 11.7 Å². The summed E-state index contributed by atoms with van der Waals surface area (Å²) in [5.41, 5.74) is 0. The Hall–Kier alpha value is -1.02. The van der Waals surface area contributed by atoms with Crippen molar-refractivity contribution in [1.29, 1.82) is 0 Å². The van der Waals surface area contributed by atoms with Gasteiger partial charge in [-0.2, -0.15) is 0 Å². The van der Waals surface area contributed by atoms with E-state index in [9.17, 15) is 9.59 Å². The quantitative estimate of drug-likeness (QED) is 0.380. The van der Waals surface area contributed by atoms with Crippen molar-refractivity contribution in [1.82, 2.24) is 4.90 Å². The molecule has 25 heavy (non-hydrogen) atoms. The van der Waals surface area contributed by atoms with E-state index in [1.807, 2.05) is 0 Å². The molecule has 146 valence electrons. The summed E-state index contributed by atoms with van der Waals surface area (Å²) in [5.74, 6) is -0.661. The molecular formula is C18H33NO6. The molecule has 0 spiro atoms. The number of amides is 1. The lowest BCUT2D eigenvalue weighted by atomic mass is 10.0. The minimum absolute atomic E-state index is 0.00404. The molecule has 0 aromatic rings. The Balaban J connectivity index is 2.48. The highest BCUT2D eigenvalue weighted by Crippen LogP contribution is 2.29. The van der Waals surface area contributed by atoms with Crippen LogP contribution in [-0.2, 0) is 19.1 Å². The van der Waals surface area contributed by atoms with Crippen molar-refractivity contribution in [3.05, 3.63) is 0 Å². The second-order valence-corrected chi connectivity index (χ2v) is 6.55. The smallest absolute Gasteiger partial charge is 0.223 e. The number of piperidine rings is 1. The SMILES string of the molecule is CC(=O)CCC(=O)N1CCC(OCCCCO)(OCCCCO)CC1. The summed E-state index contributed by atoms with van der Waals surface area (Å²) in [6.45, 7) is 3.92. The molecule has 1 amide bonds. The lowest BCUT2D eigenvalue weighted by Crippen LogP contribution is -2.50. The van der Waals surface area contributed by atoms with E-state index in [4.69, 9.17) is 19.7 Å². The van der Waals surface area contributed by atoms with Gasteiger partial charge in [0.25, 0.3) is 0 Å². The van der Waals surface area contributed by atoms with Crippen LogP contribution in [0.4, 0.5) is 0 Å². The Labute approximate surface area is 150 Å². The van der Waals surface area contributed by atoms with Crippen LogP contribution >= 0.6 is 0 Å². The zero-order valence-electron chi connectivity index (χ0n) is 15.4. The molecule has 2 N–H and O–H groups in total. The van der Waals surface area contributed by atoms with Crippen molar-refractivity contribution in [3.8, 4) is 0 Å². The highest BCUT2D eigenvalue weighted by atomic mass is 16.7. The number of hydrogen-bond donors (Lipinski definition) is 2. The molecule has 1 aliphatic rings. The van der Waals surface area contributed by atoms with Crippen molar-refractivity contribution in [3.63, 3.8) is 0 Å². The molecule has 1 rings (SSSR count). The van der Waals surface area contributed by atoms with Gasteiger partial charge in [0, 0.05) is 52.0 Å². The maximum Gasteiger partial charge on any atom is 0.223 e. The van der Waals surface area contributed by atoms with Gasteiger partial charge in [-0.3, -0.25) is 4.79 Å². The Morgan fingerprint density at radius 1 is 0.920 bits per heavy atom. The number of aliphatic hydroxyl groups is 2. The molecule has 0 radical (unpaired) electrons. The van der Waals surface area contributed by atoms with E-state index in [0.29, 0.717) is 52.0 Å². The summed E-state index contributed by atoms with van der Waals surface area (Å²) >= 11 is 0. The lowest BCUT2D eigenvalue weighted by Gasteiger charge is -2.41. The van der Waals surface area contributed by atoms with Crippen LogP contribution in [0.2, 0.25) is 0 Å². The number of likely N-dealkylation sites (tertiary alicyclic amines) is 1. The largest absolute Gasteiger partial charge is 0.396 e. The molecule has 0 atom stereocenters. The number of carbonyl (C=O) groups is 2. The van der Waals surface area contributed by atoms with E-state index >= 15 is 0 Å². The van der Waals surface area contributed by atoms with E-state index in [-0.39, 0.29) is 37.7 Å². The number of ether oxygens (including phenoxy) is 2. The Kier molecular flexibility index (Phi) is 10.9. The minimum atomic E-state index is -0.692. The maximum atomic E-state index is 12.1. The van der Waals surface area contributed by atoms with Crippen LogP contribution in [0.5, 0.6) is 0 Å². The highest BCUT2D eigenvalue weighted by Gasteiger charge is 2.37. The lowest BCUT2D eigenvalue weighted by molar-refractivity contribution is -0.257. The van der Waals surface area contributed by atoms with Gasteiger partial charge in [0.2, 0.25) is 5.91 Å². The number of unbranched alkanes of at least 4 members (excludes halogenated alkanes) is 2. The van der Waals surface area contributed by atoms with Crippen LogP contribution in [-0.4, -0.2) is 72.1 Å². The Morgan fingerprint density at radius 2 is 1.44 bits per heavy atom. The molecule has 0 aliphatic carbocycles. The first-order valence-electron chi connectivity index (χ1n) is 9.30. The predicted molar refractivity (Wildman–Crippen MR) is 93.0 cm³/mol. The van der Waals surface area contributed by atoms with E-state index < -0.39 is 5.79 Å². The molecule has 7 nitrogen and oxygen atoms in total. The topological polar surface area (TPSA) is 96.3 Å². The summed E-state index contributed by atoms with van der Waals surface area (Å²) in [4.78, 5) is 25.0. The summed E-state index contributed by atoms with van der Waals surface area (Å²) in [6, 6.07) is 0. The van der Waals surface area contributed by atoms with Crippen molar-refractivity contribution < 1.29 is 29.3 Å². The number of aliphatic hydroxyl groups excluding tert-OH is 2. The number of ketones is 1. The average molecular weight is 359 g/mol. The van der Waals surface area contributed by atoms with Gasteiger partial charge in [0.1, 0.15) is 5.78 Å². The summed E-state index contributed by atoms with van der Waals surface area (Å²) in [5, 5.41) is 17.7. The maximum absolute atomic E-state index is 12.1. The van der Waals surface area contributed by atoms with Gasteiger partial charge in [-0.25, -0.2) is 0 Å². The number of Topliss-reactive ketones (excluding diaryl/α,β-unsaturated/α-hetero) is 1. The van der Waals surface area contributed by atoms with Crippen LogP contribution in [0.25, 0.3) is 0 Å². The van der Waals surface area contributed by atoms with Gasteiger partial charge >= 0.3 is 0 Å². The normalized spacial score (nSPS) is 16.8. The molecular weight excluding hydrogens is 326 g/mol. The minimum Gasteiger partial charge on any atom is -0.396 e. The fourth-order valence-electron chi connectivity index (χ4n) is 2.81. The first kappa shape index (κ1) is 22.0. The zero-order chi connectivity index (χ0) is 18.5. The van der Waals surface area contributed by atoms with Gasteiger partial charge in [-0.05, 0) is 32.6 Å². The standard InChI is InChI=1S/C18H33NO6/c1-16(22)6-7-17(23)19-10-8-18(9-11-19,24-14-4-2-12-20)25-15-5-3-13-21/h20-21H,2-15H2,1H3. The third-order valence-corrected chi connectivity index (χ3v) is 4.40. The molecule has 0 aromatic heterocycles. The first-order chi connectivity index (χ1) is 12.0. The van der Waals surface area contributed by atoms with Crippen LogP contribution in [0, 0.1) is 0 Å². The molecule has 1 heterocycles. The van der Waals surface area contributed by atoms with Crippen LogP contribution in [0.15, 0.2) is 0 Å². The van der Waals surface area contributed by atoms with Gasteiger partial charge < -0.3 is 29.4 Å². The van der Waals surface area contributed by atoms with Gasteiger partial charge in [-0.1, -0.05) is 0 Å². The third kappa shape index (κ3) is 8.76. The summed E-state index contributed by atoms with van der Waals surface area (Å²) in [6.07, 6.45) is 4.65. The number of nitrogens with zero attached hydrogens (tertiary/aromatic N) is 1. The second kappa shape index (κ2) is 12.4. The molecule has 0 aromatic carbocycles. The van der Waals surface area contributed by atoms with Crippen molar-refractivity contribution in [2.45, 2.75) is 64.1 Å². The van der Waals surface area contributed by atoms with Crippen LogP contribution in [0.1, 0.15) is 58.3 Å². The molecule has 1 aliphatic heterocycles. The first-order valence-corrected chi connectivity index (χ1v) is 9.30. The van der Waals surface area contributed by atoms with Crippen molar-refractivity contribution in [2.75, 3.05) is 39.5 Å². The Morgan fingerprint density at radius 3 is 1.88 bits per heavy atom. The average Bonchev–Trinajstić information content (AvgIpc) is 2.61. The molecule has 7 heteroatoms. The van der Waals surface area contributed by atoms with E-state index in [1.54, 1.807) is 4.90 Å². The fourth-order valence-corrected chi connectivity index (χ4v) is 2.81. The van der Waals surface area contributed by atoms with Crippen LogP contribution < -0.4 is 0 Å². The molecule has 1 fully saturated rings. The highest BCUT2D eigenvalue weighted by molar-refractivity contribution is 5.83. The molecule has 0 saturated carbocycles. The van der Waals surface area contributed by atoms with E-state index in [2.05, 4.69) is 0 Å². The number of hydrogen-bond acceptors (Lipinski definition) is 6. The Bertz CT molecular complexity index is 379. The fraction of sp³-hybridized carbons (Fsp3) is 0.889. The zero-order valence-corrected chi connectivity index (χ0v) is 15.4. The van der Waals surface area contributed by atoms with E-state index in [1.165, 1.54) is 6.92 Å². The van der Waals surface area contributed by atoms with Gasteiger partial charge in [0.15, 0.2) is 5.79 Å². The molecule has 0 bridgehead atoms. The summed E-state index contributed by atoms with van der Waals surface area (Å²) in [7, 11) is 0. The predicted octanol–water partition coefficient (Wildman–Crippen LogP) is 1.25. The van der Waals surface area contributed by atoms with E-state index in [0.717, 1.165) is 12.8 Å². The molecule has 1 saturated heterocycles. The van der Waals surface area contributed by atoms with Crippen molar-refractivity contribution in [2.24, 2.45) is 0 Å². The molecule has 0 unspecified atom stereocenters. The monoisotopic (exact) mass is 359 g/mol. The number of carbonyl (C=O) groups excluding carboxylic acids is 2. The van der Waals surface area contributed by atoms with Gasteiger partial charge in [0.05, 0.1) is 13.2 Å².